The summed E-state index contributed by atoms with van der Waals surface area (Å²) in [5, 5.41) is 11.8. The number of guanidine groups is 1. The third kappa shape index (κ3) is 6.45. The molecule has 0 saturated heterocycles. The minimum atomic E-state index is -0.723. The van der Waals surface area contributed by atoms with E-state index in [0.717, 1.165) is 32.1 Å². The summed E-state index contributed by atoms with van der Waals surface area (Å²) < 4.78 is 0. The van der Waals surface area contributed by atoms with Crippen LogP contribution in [-0.2, 0) is 4.79 Å². The number of nitrogens with one attached hydrogen (secondary N) is 1. The van der Waals surface area contributed by atoms with E-state index in [1.807, 2.05) is 0 Å². The van der Waals surface area contributed by atoms with Crippen LogP contribution >= 0.6 is 0 Å². The van der Waals surface area contributed by atoms with E-state index >= 15 is 0 Å². The van der Waals surface area contributed by atoms with E-state index in [4.69, 9.17) is 16.6 Å². The molecular formula is C18H26N4O3. The van der Waals surface area contributed by atoms with Crippen LogP contribution in [0, 0.1) is 11.8 Å². The Kier molecular flexibility index (Phi) is 6.80. The summed E-state index contributed by atoms with van der Waals surface area (Å²) in [6.07, 6.45) is 5.22. The molecule has 2 rings (SSSR count). The van der Waals surface area contributed by atoms with Crippen LogP contribution in [0.25, 0.3) is 0 Å². The molecule has 1 saturated carbocycles. The van der Waals surface area contributed by atoms with Crippen molar-refractivity contribution < 1.29 is 14.7 Å². The molecule has 1 aromatic carbocycles. The van der Waals surface area contributed by atoms with E-state index in [-0.39, 0.29) is 24.2 Å². The first-order chi connectivity index (χ1) is 11.9. The Morgan fingerprint density at radius 1 is 1.24 bits per heavy atom. The first kappa shape index (κ1) is 18.8. The first-order valence-corrected chi connectivity index (χ1v) is 8.63. The molecule has 2 atom stereocenters. The second kappa shape index (κ2) is 9.05. The molecule has 1 fully saturated rings. The summed E-state index contributed by atoms with van der Waals surface area (Å²) in [5.74, 6) is -0.189. The topological polar surface area (TPSA) is 131 Å². The average molecular weight is 346 g/mol. The van der Waals surface area contributed by atoms with Gasteiger partial charge in [-0.15, -0.1) is 0 Å². The van der Waals surface area contributed by atoms with Gasteiger partial charge in [0.05, 0.1) is 5.69 Å². The second-order valence-electron chi connectivity index (χ2n) is 6.63. The molecular weight excluding hydrogens is 320 g/mol. The van der Waals surface area contributed by atoms with Gasteiger partial charge >= 0.3 is 5.97 Å². The van der Waals surface area contributed by atoms with Gasteiger partial charge in [-0.3, -0.25) is 9.59 Å². The highest BCUT2D eigenvalue weighted by Gasteiger charge is 2.23. The Morgan fingerprint density at radius 2 is 2.00 bits per heavy atom. The number of nitrogens with zero attached hydrogens (tertiary/aromatic N) is 1. The summed E-state index contributed by atoms with van der Waals surface area (Å²) in [6, 6.07) is 6.80. The number of benzene rings is 1. The zero-order chi connectivity index (χ0) is 18.2. The van der Waals surface area contributed by atoms with Crippen molar-refractivity contribution in [3.8, 4) is 0 Å². The number of hydrogen-bond acceptors (Lipinski definition) is 3. The Hall–Kier alpha value is -2.57. The highest BCUT2D eigenvalue weighted by molar-refractivity contribution is 5.95. The molecule has 7 heteroatoms. The average Bonchev–Trinajstić information content (AvgIpc) is 2.54. The fourth-order valence-corrected chi connectivity index (χ4v) is 3.45. The van der Waals surface area contributed by atoms with Gasteiger partial charge in [-0.1, -0.05) is 18.9 Å². The lowest BCUT2D eigenvalue weighted by molar-refractivity contribution is -0.138. The van der Waals surface area contributed by atoms with Gasteiger partial charge < -0.3 is 21.9 Å². The summed E-state index contributed by atoms with van der Waals surface area (Å²) >= 11 is 0. The van der Waals surface area contributed by atoms with Crippen molar-refractivity contribution >= 4 is 23.5 Å². The number of aliphatic imine (C=N–C) groups is 1. The van der Waals surface area contributed by atoms with Crippen LogP contribution in [0.15, 0.2) is 29.3 Å². The highest BCUT2D eigenvalue weighted by Crippen LogP contribution is 2.32. The van der Waals surface area contributed by atoms with Crippen molar-refractivity contribution in [2.45, 2.75) is 38.5 Å². The summed E-state index contributed by atoms with van der Waals surface area (Å²) in [4.78, 5) is 27.0. The summed E-state index contributed by atoms with van der Waals surface area (Å²) in [6.45, 7) is 0.579. The first-order valence-electron chi connectivity index (χ1n) is 8.63. The predicted molar refractivity (Wildman–Crippen MR) is 96.6 cm³/mol. The number of rotatable bonds is 7. The van der Waals surface area contributed by atoms with E-state index in [1.165, 1.54) is 0 Å². The number of carbonyl (C=O) groups excluding carboxylic acids is 1. The van der Waals surface area contributed by atoms with Gasteiger partial charge in [0.15, 0.2) is 5.96 Å². The van der Waals surface area contributed by atoms with Crippen LogP contribution in [0.3, 0.4) is 0 Å². The fraction of sp³-hybridized carbons (Fsp3) is 0.500. The molecule has 0 bridgehead atoms. The number of carboxylic acid groups (broad SMARTS) is 1. The molecule has 2 unspecified atom stereocenters. The largest absolute Gasteiger partial charge is 0.481 e. The highest BCUT2D eigenvalue weighted by atomic mass is 16.4. The zero-order valence-electron chi connectivity index (χ0n) is 14.3. The van der Waals surface area contributed by atoms with Crippen molar-refractivity contribution in [2.24, 2.45) is 28.3 Å². The quantitative estimate of drug-likeness (QED) is 0.443. The summed E-state index contributed by atoms with van der Waals surface area (Å²) in [5.41, 5.74) is 11.7. The van der Waals surface area contributed by atoms with E-state index in [9.17, 15) is 9.59 Å². The van der Waals surface area contributed by atoms with Gasteiger partial charge in [0, 0.05) is 18.5 Å². The molecule has 0 heterocycles. The van der Waals surface area contributed by atoms with Crippen LogP contribution in [-0.4, -0.2) is 29.5 Å². The minimum Gasteiger partial charge on any atom is -0.481 e. The van der Waals surface area contributed by atoms with E-state index < -0.39 is 5.97 Å². The molecule has 1 aliphatic carbocycles. The van der Waals surface area contributed by atoms with Crippen LogP contribution in [0.4, 0.5) is 5.69 Å². The van der Waals surface area contributed by atoms with Gasteiger partial charge in [-0.2, -0.15) is 0 Å². The molecule has 1 aromatic rings. The standard InChI is InChI=1S/C18H26N4O3/c19-18(20)22-15-6-2-5-14(11-15)17(25)21-8-7-12-3-1-4-13(9-12)10-16(23)24/h2,5-6,11-13H,1,3-4,7-10H2,(H,21,25)(H,23,24)(H4,19,20,22). The number of carbonyl (C=O) groups is 2. The number of aliphatic carboxylic acids is 1. The van der Waals surface area contributed by atoms with E-state index in [2.05, 4.69) is 10.3 Å². The normalized spacial score (nSPS) is 19.8. The van der Waals surface area contributed by atoms with Crippen LogP contribution in [0.2, 0.25) is 0 Å². The number of amides is 1. The van der Waals surface area contributed by atoms with E-state index in [1.54, 1.807) is 24.3 Å². The molecule has 0 radical (unpaired) electrons. The number of hydrogen-bond donors (Lipinski definition) is 4. The molecule has 7 nitrogen and oxygen atoms in total. The SMILES string of the molecule is NC(N)=Nc1cccc(C(=O)NCCC2CCCC(CC(=O)O)C2)c1. The Morgan fingerprint density at radius 3 is 2.72 bits per heavy atom. The third-order valence-electron chi connectivity index (χ3n) is 4.56. The smallest absolute Gasteiger partial charge is 0.303 e. The van der Waals surface area contributed by atoms with Gasteiger partial charge in [-0.25, -0.2) is 4.99 Å². The fourth-order valence-electron chi connectivity index (χ4n) is 3.45. The van der Waals surface area contributed by atoms with Gasteiger partial charge in [0.1, 0.15) is 0 Å². The molecule has 0 aromatic heterocycles. The van der Waals surface area contributed by atoms with Gasteiger partial charge in [-0.05, 0) is 49.3 Å². The lowest BCUT2D eigenvalue weighted by atomic mass is 9.78. The molecule has 25 heavy (non-hydrogen) atoms. The molecule has 1 amide bonds. The second-order valence-corrected chi connectivity index (χ2v) is 6.63. The molecule has 0 aliphatic heterocycles. The third-order valence-corrected chi connectivity index (χ3v) is 4.56. The zero-order valence-corrected chi connectivity index (χ0v) is 14.3. The molecule has 0 spiro atoms. The maximum atomic E-state index is 12.2. The van der Waals surface area contributed by atoms with Crippen LogP contribution < -0.4 is 16.8 Å². The minimum absolute atomic E-state index is 0.0502. The Balaban J connectivity index is 1.80. The van der Waals surface area contributed by atoms with Crippen LogP contribution in [0.5, 0.6) is 0 Å². The van der Waals surface area contributed by atoms with Gasteiger partial charge in [0.25, 0.3) is 5.91 Å². The van der Waals surface area contributed by atoms with E-state index in [0.29, 0.717) is 23.7 Å². The summed E-state index contributed by atoms with van der Waals surface area (Å²) in [7, 11) is 0. The van der Waals surface area contributed by atoms with Crippen LogP contribution in [0.1, 0.15) is 48.9 Å². The number of carboxylic acids is 1. The number of nitrogens with two attached hydrogens (primary N) is 2. The lowest BCUT2D eigenvalue weighted by Gasteiger charge is -2.28. The van der Waals surface area contributed by atoms with Crippen molar-refractivity contribution in [2.75, 3.05) is 6.54 Å². The lowest BCUT2D eigenvalue weighted by Crippen LogP contribution is -2.27. The van der Waals surface area contributed by atoms with Gasteiger partial charge in [0.2, 0.25) is 0 Å². The monoisotopic (exact) mass is 346 g/mol. The Bertz CT molecular complexity index is 641. The molecule has 6 N–H and O–H groups in total. The maximum Gasteiger partial charge on any atom is 0.303 e. The Labute approximate surface area is 147 Å². The predicted octanol–water partition coefficient (Wildman–Crippen LogP) is 1.99. The van der Waals surface area contributed by atoms with Crippen molar-refractivity contribution in [1.82, 2.24) is 5.32 Å². The maximum absolute atomic E-state index is 12.2. The molecule has 136 valence electrons. The van der Waals surface area contributed by atoms with Crippen molar-refractivity contribution in [1.29, 1.82) is 0 Å². The van der Waals surface area contributed by atoms with Crippen molar-refractivity contribution in [3.63, 3.8) is 0 Å². The van der Waals surface area contributed by atoms with Crippen molar-refractivity contribution in [3.05, 3.63) is 29.8 Å². The molecule has 1 aliphatic rings.